The molecule has 0 aliphatic rings. The SMILES string of the molecule is CCOC(=O)C=Cc1cc(C#N)ccc1Cl. The van der Waals surface area contributed by atoms with Crippen LogP contribution < -0.4 is 0 Å². The number of rotatable bonds is 3. The first-order valence-corrected chi connectivity index (χ1v) is 5.09. The van der Waals surface area contributed by atoms with Crippen LogP contribution in [0.1, 0.15) is 18.1 Å². The lowest BCUT2D eigenvalue weighted by Gasteiger charge is -1.99. The zero-order valence-electron chi connectivity index (χ0n) is 8.74. The summed E-state index contributed by atoms with van der Waals surface area (Å²) in [6.07, 6.45) is 2.81. The fraction of sp³-hybridized carbons (Fsp3) is 0.167. The molecule has 16 heavy (non-hydrogen) atoms. The molecule has 0 heterocycles. The molecule has 1 aromatic rings. The van der Waals surface area contributed by atoms with Crippen molar-refractivity contribution in [2.45, 2.75) is 6.92 Å². The molecule has 0 aliphatic carbocycles. The van der Waals surface area contributed by atoms with Crippen molar-refractivity contribution in [3.05, 3.63) is 40.4 Å². The number of carbonyl (C=O) groups is 1. The summed E-state index contributed by atoms with van der Waals surface area (Å²) >= 11 is 5.90. The van der Waals surface area contributed by atoms with Crippen LogP contribution in [0.3, 0.4) is 0 Å². The van der Waals surface area contributed by atoms with Crippen LogP contribution >= 0.6 is 11.6 Å². The summed E-state index contributed by atoms with van der Waals surface area (Å²) in [4.78, 5) is 11.1. The average Bonchev–Trinajstić information content (AvgIpc) is 2.28. The highest BCUT2D eigenvalue weighted by molar-refractivity contribution is 6.32. The molecule has 1 rings (SSSR count). The van der Waals surface area contributed by atoms with Gasteiger partial charge in [-0.25, -0.2) is 4.79 Å². The van der Waals surface area contributed by atoms with E-state index in [0.29, 0.717) is 22.8 Å². The van der Waals surface area contributed by atoms with Gasteiger partial charge in [0, 0.05) is 11.1 Å². The molecule has 0 atom stereocenters. The van der Waals surface area contributed by atoms with Crippen molar-refractivity contribution in [3.63, 3.8) is 0 Å². The molecular weight excluding hydrogens is 226 g/mol. The number of halogens is 1. The maximum Gasteiger partial charge on any atom is 0.330 e. The van der Waals surface area contributed by atoms with E-state index in [4.69, 9.17) is 21.6 Å². The summed E-state index contributed by atoms with van der Waals surface area (Å²) in [6.45, 7) is 2.06. The summed E-state index contributed by atoms with van der Waals surface area (Å²) in [5.74, 6) is -0.430. The maximum absolute atomic E-state index is 11.1. The Balaban J connectivity index is 2.88. The molecule has 4 heteroatoms. The van der Waals surface area contributed by atoms with Gasteiger partial charge in [0.15, 0.2) is 0 Å². The highest BCUT2D eigenvalue weighted by Crippen LogP contribution is 2.18. The van der Waals surface area contributed by atoms with Gasteiger partial charge in [0.1, 0.15) is 0 Å². The second-order valence-electron chi connectivity index (χ2n) is 2.93. The predicted octanol–water partition coefficient (Wildman–Crippen LogP) is 2.79. The molecule has 0 N–H and O–H groups in total. The van der Waals surface area contributed by atoms with Crippen LogP contribution in [0.5, 0.6) is 0 Å². The summed E-state index contributed by atoms with van der Waals surface area (Å²) in [5, 5.41) is 9.19. The molecule has 1 aromatic carbocycles. The van der Waals surface area contributed by atoms with Gasteiger partial charge in [-0.3, -0.25) is 0 Å². The number of esters is 1. The minimum absolute atomic E-state index is 0.329. The Hall–Kier alpha value is -1.79. The number of ether oxygens (including phenoxy) is 1. The van der Waals surface area contributed by atoms with Gasteiger partial charge in [0.25, 0.3) is 0 Å². The molecule has 0 bridgehead atoms. The van der Waals surface area contributed by atoms with Crippen molar-refractivity contribution in [1.29, 1.82) is 5.26 Å². The molecule has 0 fully saturated rings. The monoisotopic (exact) mass is 235 g/mol. The lowest BCUT2D eigenvalue weighted by Crippen LogP contribution is -1.98. The molecule has 82 valence electrons. The molecule has 3 nitrogen and oxygen atoms in total. The number of nitrogens with zero attached hydrogens (tertiary/aromatic N) is 1. The molecule has 0 unspecified atom stereocenters. The van der Waals surface area contributed by atoms with E-state index in [9.17, 15) is 4.79 Å². The third-order valence-corrected chi connectivity index (χ3v) is 2.15. The lowest BCUT2D eigenvalue weighted by atomic mass is 10.1. The van der Waals surface area contributed by atoms with Crippen molar-refractivity contribution >= 4 is 23.6 Å². The molecule has 0 saturated heterocycles. The van der Waals surface area contributed by atoms with Crippen molar-refractivity contribution < 1.29 is 9.53 Å². The third kappa shape index (κ3) is 3.41. The average molecular weight is 236 g/mol. The Morgan fingerprint density at radius 3 is 3.00 bits per heavy atom. The van der Waals surface area contributed by atoms with Crippen molar-refractivity contribution in [2.75, 3.05) is 6.61 Å². The first-order valence-electron chi connectivity index (χ1n) is 4.72. The zero-order chi connectivity index (χ0) is 12.0. The topological polar surface area (TPSA) is 50.1 Å². The summed E-state index contributed by atoms with van der Waals surface area (Å²) in [5.41, 5.74) is 1.11. The minimum atomic E-state index is -0.430. The van der Waals surface area contributed by atoms with Crippen LogP contribution in [0.25, 0.3) is 6.08 Å². The number of nitriles is 1. The normalized spacial score (nSPS) is 10.1. The Morgan fingerprint density at radius 2 is 2.38 bits per heavy atom. The standard InChI is InChI=1S/C12H10ClNO2/c1-2-16-12(15)6-4-10-7-9(8-14)3-5-11(10)13/h3-7H,2H2,1H3. The van der Waals surface area contributed by atoms with Crippen LogP contribution in [0.15, 0.2) is 24.3 Å². The van der Waals surface area contributed by atoms with Gasteiger partial charge in [-0.1, -0.05) is 11.6 Å². The Morgan fingerprint density at radius 1 is 1.62 bits per heavy atom. The first-order chi connectivity index (χ1) is 7.67. The van der Waals surface area contributed by atoms with Gasteiger partial charge in [0.05, 0.1) is 18.2 Å². The predicted molar refractivity (Wildman–Crippen MR) is 61.8 cm³/mol. The van der Waals surface area contributed by atoms with E-state index in [0.717, 1.165) is 0 Å². The van der Waals surface area contributed by atoms with Crippen LogP contribution in [0.4, 0.5) is 0 Å². The molecule has 0 spiro atoms. The molecule has 0 aliphatic heterocycles. The van der Waals surface area contributed by atoms with Crippen molar-refractivity contribution in [3.8, 4) is 6.07 Å². The Bertz CT molecular complexity index is 461. The fourth-order valence-electron chi connectivity index (χ4n) is 1.09. The lowest BCUT2D eigenvalue weighted by molar-refractivity contribution is -0.137. The zero-order valence-corrected chi connectivity index (χ0v) is 9.49. The van der Waals surface area contributed by atoms with Gasteiger partial charge < -0.3 is 4.74 Å². The quantitative estimate of drug-likeness (QED) is 0.598. The highest BCUT2D eigenvalue weighted by atomic mass is 35.5. The van der Waals surface area contributed by atoms with E-state index in [-0.39, 0.29) is 0 Å². The summed E-state index contributed by atoms with van der Waals surface area (Å²) in [7, 11) is 0. The van der Waals surface area contributed by atoms with Crippen molar-refractivity contribution in [1.82, 2.24) is 0 Å². The number of hydrogen-bond acceptors (Lipinski definition) is 3. The van der Waals surface area contributed by atoms with Gasteiger partial charge in [-0.2, -0.15) is 5.26 Å². The molecule has 0 saturated carbocycles. The fourth-order valence-corrected chi connectivity index (χ4v) is 1.27. The highest BCUT2D eigenvalue weighted by Gasteiger charge is 2.00. The Labute approximate surface area is 98.9 Å². The summed E-state index contributed by atoms with van der Waals surface area (Å²) < 4.78 is 4.73. The second-order valence-corrected chi connectivity index (χ2v) is 3.34. The number of hydrogen-bond donors (Lipinski definition) is 0. The number of benzene rings is 1. The Kier molecular flexibility index (Phi) is 4.56. The van der Waals surface area contributed by atoms with Crippen LogP contribution in [0.2, 0.25) is 5.02 Å². The molecule has 0 aromatic heterocycles. The summed E-state index contributed by atoms with van der Waals surface area (Å²) in [6, 6.07) is 6.84. The second kappa shape index (κ2) is 5.94. The van der Waals surface area contributed by atoms with Crippen LogP contribution in [-0.2, 0) is 9.53 Å². The van der Waals surface area contributed by atoms with E-state index in [1.807, 2.05) is 6.07 Å². The molecule has 0 radical (unpaired) electrons. The van der Waals surface area contributed by atoms with Crippen molar-refractivity contribution in [2.24, 2.45) is 0 Å². The van der Waals surface area contributed by atoms with Gasteiger partial charge in [-0.05, 0) is 36.8 Å². The van der Waals surface area contributed by atoms with Crippen LogP contribution in [-0.4, -0.2) is 12.6 Å². The smallest absolute Gasteiger partial charge is 0.330 e. The van der Waals surface area contributed by atoms with E-state index in [1.54, 1.807) is 25.1 Å². The van der Waals surface area contributed by atoms with E-state index < -0.39 is 5.97 Å². The van der Waals surface area contributed by atoms with E-state index in [1.165, 1.54) is 12.2 Å². The van der Waals surface area contributed by atoms with E-state index >= 15 is 0 Å². The first kappa shape index (κ1) is 12.3. The minimum Gasteiger partial charge on any atom is -0.463 e. The molecular formula is C12H10ClNO2. The third-order valence-electron chi connectivity index (χ3n) is 1.81. The molecule has 0 amide bonds. The number of carbonyl (C=O) groups excluding carboxylic acids is 1. The van der Waals surface area contributed by atoms with Gasteiger partial charge in [0.2, 0.25) is 0 Å². The van der Waals surface area contributed by atoms with Crippen LogP contribution in [0, 0.1) is 11.3 Å². The van der Waals surface area contributed by atoms with Gasteiger partial charge >= 0.3 is 5.97 Å². The largest absolute Gasteiger partial charge is 0.463 e. The van der Waals surface area contributed by atoms with Gasteiger partial charge in [-0.15, -0.1) is 0 Å². The maximum atomic E-state index is 11.1. The van der Waals surface area contributed by atoms with E-state index in [2.05, 4.69) is 0 Å².